The van der Waals surface area contributed by atoms with Crippen LogP contribution in [-0.2, 0) is 0 Å². The highest BCUT2D eigenvalue weighted by Crippen LogP contribution is 2.35. The van der Waals surface area contributed by atoms with Crippen LogP contribution in [0.3, 0.4) is 0 Å². The molecule has 0 bridgehead atoms. The van der Waals surface area contributed by atoms with Crippen molar-refractivity contribution in [2.45, 2.75) is 58.5 Å². The molecule has 2 amide bonds. The average Bonchev–Trinajstić information content (AvgIpc) is 2.41. The number of hydrogen-bond acceptors (Lipinski definition) is 2. The van der Waals surface area contributed by atoms with Crippen LogP contribution in [0, 0.1) is 5.41 Å². The van der Waals surface area contributed by atoms with Gasteiger partial charge in [-0.05, 0) is 42.9 Å². The summed E-state index contributed by atoms with van der Waals surface area (Å²) in [5, 5.41) is 6.02. The van der Waals surface area contributed by atoms with Crippen molar-refractivity contribution < 1.29 is 4.79 Å². The van der Waals surface area contributed by atoms with Crippen molar-refractivity contribution in [3.63, 3.8) is 0 Å². The van der Waals surface area contributed by atoms with Crippen LogP contribution in [-0.4, -0.2) is 12.1 Å². The number of nitrogens with two attached hydrogens (primary N) is 1. The van der Waals surface area contributed by atoms with E-state index < -0.39 is 0 Å². The van der Waals surface area contributed by atoms with Gasteiger partial charge in [-0.25, -0.2) is 4.79 Å². The van der Waals surface area contributed by atoms with Crippen LogP contribution < -0.4 is 16.4 Å². The summed E-state index contributed by atoms with van der Waals surface area (Å²) in [6.45, 7) is 6.41. The van der Waals surface area contributed by atoms with Crippen LogP contribution in [0.15, 0.2) is 24.3 Å². The van der Waals surface area contributed by atoms with Gasteiger partial charge in [0.2, 0.25) is 0 Å². The molecule has 1 aromatic carbocycles. The summed E-state index contributed by atoms with van der Waals surface area (Å²) in [4.78, 5) is 12.1. The fraction of sp³-hybridized carbons (Fsp3) is 0.588. The largest absolute Gasteiger partial charge is 0.335 e. The van der Waals surface area contributed by atoms with Crippen LogP contribution in [0.1, 0.15) is 58.1 Å². The number of carbonyl (C=O) groups excluding carboxylic acids is 1. The van der Waals surface area contributed by atoms with Gasteiger partial charge in [0.05, 0.1) is 0 Å². The molecular weight excluding hydrogens is 262 g/mol. The highest BCUT2D eigenvalue weighted by molar-refractivity contribution is 5.89. The molecule has 4 N–H and O–H groups in total. The Bertz CT molecular complexity index is 479. The second-order valence-corrected chi connectivity index (χ2v) is 6.80. The Hall–Kier alpha value is -1.55. The lowest BCUT2D eigenvalue weighted by atomic mass is 9.73. The van der Waals surface area contributed by atoms with Crippen LogP contribution in [0.5, 0.6) is 0 Å². The molecule has 1 aromatic rings. The normalized spacial score (nSPS) is 22.4. The number of urea groups is 1. The first-order valence-electron chi connectivity index (χ1n) is 7.81. The first-order chi connectivity index (χ1) is 9.88. The van der Waals surface area contributed by atoms with E-state index in [1.807, 2.05) is 31.2 Å². The Morgan fingerprint density at radius 2 is 1.95 bits per heavy atom. The van der Waals surface area contributed by atoms with Crippen LogP contribution in [0.2, 0.25) is 0 Å². The minimum atomic E-state index is -0.122. The molecule has 0 saturated heterocycles. The number of hydrogen-bond donors (Lipinski definition) is 3. The summed E-state index contributed by atoms with van der Waals surface area (Å²) in [5.41, 5.74) is 7.85. The molecule has 2 rings (SSSR count). The van der Waals surface area contributed by atoms with E-state index in [0.29, 0.717) is 0 Å². The van der Waals surface area contributed by atoms with Crippen molar-refractivity contribution in [3.05, 3.63) is 29.8 Å². The van der Waals surface area contributed by atoms with Crippen molar-refractivity contribution in [1.82, 2.24) is 5.32 Å². The third-order valence-electron chi connectivity index (χ3n) is 4.51. The molecule has 4 nitrogen and oxygen atoms in total. The predicted octanol–water partition coefficient (Wildman–Crippen LogP) is 3.80. The summed E-state index contributed by atoms with van der Waals surface area (Å²) in [7, 11) is 0. The third-order valence-corrected chi connectivity index (χ3v) is 4.51. The first-order valence-corrected chi connectivity index (χ1v) is 7.81. The van der Waals surface area contributed by atoms with Crippen molar-refractivity contribution in [3.8, 4) is 0 Å². The number of benzene rings is 1. The Balaban J connectivity index is 1.92. The Labute approximate surface area is 127 Å². The van der Waals surface area contributed by atoms with E-state index in [9.17, 15) is 4.79 Å². The number of amides is 2. The van der Waals surface area contributed by atoms with Crippen LogP contribution in [0.25, 0.3) is 0 Å². The fourth-order valence-corrected chi connectivity index (χ4v) is 2.96. The third kappa shape index (κ3) is 4.21. The Kier molecular flexibility index (Phi) is 4.88. The number of carbonyl (C=O) groups is 1. The van der Waals surface area contributed by atoms with Gasteiger partial charge in [0, 0.05) is 17.8 Å². The lowest BCUT2D eigenvalue weighted by Crippen LogP contribution is -2.48. The van der Waals surface area contributed by atoms with Crippen molar-refractivity contribution in [2.75, 3.05) is 5.32 Å². The van der Waals surface area contributed by atoms with Gasteiger partial charge in [-0.1, -0.05) is 38.8 Å². The molecule has 1 fully saturated rings. The number of anilines is 1. The number of nitrogens with one attached hydrogen (secondary N) is 2. The van der Waals surface area contributed by atoms with Gasteiger partial charge in [-0.15, -0.1) is 0 Å². The van der Waals surface area contributed by atoms with Crippen LogP contribution in [0.4, 0.5) is 10.5 Å². The van der Waals surface area contributed by atoms with Gasteiger partial charge in [0.15, 0.2) is 0 Å². The summed E-state index contributed by atoms with van der Waals surface area (Å²) in [6.07, 6.45) is 4.67. The van der Waals surface area contributed by atoms with Crippen molar-refractivity contribution >= 4 is 11.7 Å². The Morgan fingerprint density at radius 3 is 2.52 bits per heavy atom. The zero-order valence-corrected chi connectivity index (χ0v) is 13.3. The smallest absolute Gasteiger partial charge is 0.319 e. The van der Waals surface area contributed by atoms with Crippen molar-refractivity contribution in [2.24, 2.45) is 11.1 Å². The van der Waals surface area contributed by atoms with Gasteiger partial charge in [0.25, 0.3) is 0 Å². The van der Waals surface area contributed by atoms with Gasteiger partial charge in [-0.3, -0.25) is 0 Å². The van der Waals surface area contributed by atoms with E-state index in [2.05, 4.69) is 24.5 Å². The van der Waals surface area contributed by atoms with Gasteiger partial charge in [-0.2, -0.15) is 0 Å². The SMILES string of the molecule is CC(N)c1ccc(NC(=O)NC2CCCCC2(C)C)cc1. The summed E-state index contributed by atoms with van der Waals surface area (Å²) < 4.78 is 0. The minimum absolute atomic E-state index is 0.0101. The predicted molar refractivity (Wildman–Crippen MR) is 87.2 cm³/mol. The average molecular weight is 289 g/mol. The van der Waals surface area contributed by atoms with E-state index in [1.54, 1.807) is 0 Å². The molecule has 1 saturated carbocycles. The molecule has 1 aliphatic carbocycles. The molecule has 1 aliphatic rings. The molecule has 0 aromatic heterocycles. The first kappa shape index (κ1) is 15.8. The summed E-state index contributed by atoms with van der Waals surface area (Å²) in [6, 6.07) is 7.82. The highest BCUT2D eigenvalue weighted by atomic mass is 16.2. The molecule has 4 heteroatoms. The molecule has 0 heterocycles. The molecule has 0 aliphatic heterocycles. The maximum Gasteiger partial charge on any atom is 0.319 e. The summed E-state index contributed by atoms with van der Waals surface area (Å²) in [5.74, 6) is 0. The molecule has 116 valence electrons. The molecular formula is C17H27N3O. The summed E-state index contributed by atoms with van der Waals surface area (Å²) >= 11 is 0. The van der Waals surface area contributed by atoms with E-state index >= 15 is 0 Å². The standard InChI is InChI=1S/C17H27N3O/c1-12(18)13-7-9-14(10-8-13)19-16(21)20-15-6-4-5-11-17(15,2)3/h7-10,12,15H,4-6,11,18H2,1-3H3,(H2,19,20,21). The molecule has 2 unspecified atom stereocenters. The van der Waals surface area contributed by atoms with Gasteiger partial charge >= 0.3 is 6.03 Å². The lowest BCUT2D eigenvalue weighted by Gasteiger charge is -2.38. The maximum absolute atomic E-state index is 12.1. The minimum Gasteiger partial charge on any atom is -0.335 e. The zero-order valence-electron chi connectivity index (χ0n) is 13.3. The number of rotatable bonds is 3. The Morgan fingerprint density at radius 1 is 1.29 bits per heavy atom. The van der Waals surface area contributed by atoms with E-state index in [0.717, 1.165) is 17.7 Å². The van der Waals surface area contributed by atoms with Gasteiger partial charge < -0.3 is 16.4 Å². The maximum atomic E-state index is 12.1. The fourth-order valence-electron chi connectivity index (χ4n) is 2.96. The quantitative estimate of drug-likeness (QED) is 0.792. The monoisotopic (exact) mass is 289 g/mol. The molecule has 0 spiro atoms. The molecule has 0 radical (unpaired) electrons. The van der Waals surface area contributed by atoms with Crippen molar-refractivity contribution in [1.29, 1.82) is 0 Å². The second-order valence-electron chi connectivity index (χ2n) is 6.80. The van der Waals surface area contributed by atoms with E-state index in [-0.39, 0.29) is 23.5 Å². The van der Waals surface area contributed by atoms with Gasteiger partial charge in [0.1, 0.15) is 0 Å². The lowest BCUT2D eigenvalue weighted by molar-refractivity contribution is 0.170. The zero-order chi connectivity index (χ0) is 15.5. The van der Waals surface area contributed by atoms with E-state index in [4.69, 9.17) is 5.73 Å². The van der Waals surface area contributed by atoms with E-state index in [1.165, 1.54) is 19.3 Å². The second kappa shape index (κ2) is 6.48. The highest BCUT2D eigenvalue weighted by Gasteiger charge is 2.33. The molecule has 21 heavy (non-hydrogen) atoms. The topological polar surface area (TPSA) is 67.1 Å². The molecule has 2 atom stereocenters. The van der Waals surface area contributed by atoms with Crippen LogP contribution >= 0.6 is 0 Å².